The molecule has 1 atom stereocenters. The first kappa shape index (κ1) is 13.8. The summed E-state index contributed by atoms with van der Waals surface area (Å²) in [6.45, 7) is 1.97. The third kappa shape index (κ3) is 2.66. The average Bonchev–Trinajstić information content (AvgIpc) is 2.82. The van der Waals surface area contributed by atoms with E-state index in [1.54, 1.807) is 0 Å². The summed E-state index contributed by atoms with van der Waals surface area (Å²) >= 11 is 0.719. The second-order valence-corrected chi connectivity index (χ2v) is 7.66. The molecule has 1 aromatic rings. The maximum absolute atomic E-state index is 12.1. The Balaban J connectivity index is 1.94. The standard InChI is InChI=1S/C15H18N2O2Se/c18-13-6-7-14(19)17(13)15(12-4-2-1-3-5-12)16-8-10-20-11-9-16/h1-5,15H,6-11H2/t15-/m0/s1. The van der Waals surface area contributed by atoms with Gasteiger partial charge in [0.05, 0.1) is 0 Å². The Morgan fingerprint density at radius 3 is 2.15 bits per heavy atom. The SMILES string of the molecule is O=C1CCC(=O)N1[C@@H](c1ccccc1)N1CC[Se]CC1. The van der Waals surface area contributed by atoms with Gasteiger partial charge in [-0.05, 0) is 0 Å². The van der Waals surface area contributed by atoms with Gasteiger partial charge in [0.2, 0.25) is 0 Å². The zero-order chi connectivity index (χ0) is 13.9. The van der Waals surface area contributed by atoms with Crippen LogP contribution in [-0.4, -0.2) is 49.7 Å². The van der Waals surface area contributed by atoms with Gasteiger partial charge in [0.1, 0.15) is 0 Å². The van der Waals surface area contributed by atoms with Gasteiger partial charge in [0.25, 0.3) is 0 Å². The maximum atomic E-state index is 12.1. The Morgan fingerprint density at radius 1 is 0.950 bits per heavy atom. The molecule has 0 radical (unpaired) electrons. The summed E-state index contributed by atoms with van der Waals surface area (Å²) in [7, 11) is 0. The Morgan fingerprint density at radius 2 is 1.55 bits per heavy atom. The molecule has 0 bridgehead atoms. The molecular formula is C15H18N2O2Se. The fourth-order valence-electron chi connectivity index (χ4n) is 2.84. The van der Waals surface area contributed by atoms with Gasteiger partial charge in [-0.3, -0.25) is 0 Å². The normalized spacial score (nSPS) is 22.3. The van der Waals surface area contributed by atoms with E-state index in [0.717, 1.165) is 33.6 Å². The van der Waals surface area contributed by atoms with Gasteiger partial charge in [0.15, 0.2) is 0 Å². The number of carbonyl (C=O) groups excluding carboxylic acids is 2. The predicted octanol–water partition coefficient (Wildman–Crippen LogP) is 1.69. The van der Waals surface area contributed by atoms with Crippen LogP contribution in [0.2, 0.25) is 10.6 Å². The van der Waals surface area contributed by atoms with E-state index in [1.807, 2.05) is 30.3 Å². The molecule has 2 amide bonds. The van der Waals surface area contributed by atoms with E-state index in [-0.39, 0.29) is 18.0 Å². The molecule has 2 aliphatic heterocycles. The van der Waals surface area contributed by atoms with Gasteiger partial charge in [-0.25, -0.2) is 0 Å². The Labute approximate surface area is 125 Å². The molecule has 106 valence electrons. The van der Waals surface area contributed by atoms with Gasteiger partial charge in [-0.2, -0.15) is 0 Å². The Bertz CT molecular complexity index is 484. The van der Waals surface area contributed by atoms with E-state index >= 15 is 0 Å². The number of rotatable bonds is 3. The van der Waals surface area contributed by atoms with Crippen molar-refractivity contribution in [3.8, 4) is 0 Å². The second kappa shape index (κ2) is 6.08. The Kier molecular flexibility index (Phi) is 4.20. The third-order valence-electron chi connectivity index (χ3n) is 3.82. The molecule has 3 rings (SSSR count). The Hall–Kier alpha value is -1.16. The number of carbonyl (C=O) groups is 2. The fraction of sp³-hybridized carbons (Fsp3) is 0.467. The van der Waals surface area contributed by atoms with Crippen LogP contribution in [0.15, 0.2) is 30.3 Å². The van der Waals surface area contributed by atoms with Crippen LogP contribution < -0.4 is 0 Å². The summed E-state index contributed by atoms with van der Waals surface area (Å²) in [5, 5.41) is 2.40. The fourth-order valence-corrected chi connectivity index (χ4v) is 4.79. The monoisotopic (exact) mass is 338 g/mol. The van der Waals surface area contributed by atoms with Crippen LogP contribution in [0.4, 0.5) is 0 Å². The molecule has 2 heterocycles. The summed E-state index contributed by atoms with van der Waals surface area (Å²) < 4.78 is 0. The first-order valence-electron chi connectivity index (χ1n) is 6.99. The van der Waals surface area contributed by atoms with E-state index in [9.17, 15) is 9.59 Å². The molecule has 0 unspecified atom stereocenters. The number of benzene rings is 1. The van der Waals surface area contributed by atoms with Crippen LogP contribution in [0.25, 0.3) is 0 Å². The molecular weight excluding hydrogens is 319 g/mol. The van der Waals surface area contributed by atoms with Crippen LogP contribution in [0.3, 0.4) is 0 Å². The van der Waals surface area contributed by atoms with Crippen molar-refractivity contribution in [2.45, 2.75) is 29.6 Å². The van der Waals surface area contributed by atoms with Crippen LogP contribution in [-0.2, 0) is 9.59 Å². The molecule has 0 N–H and O–H groups in total. The summed E-state index contributed by atoms with van der Waals surface area (Å²) in [5.41, 5.74) is 1.05. The minimum atomic E-state index is -0.199. The van der Waals surface area contributed by atoms with Crippen molar-refractivity contribution in [3.63, 3.8) is 0 Å². The number of imide groups is 1. The number of likely N-dealkylation sites (tertiary alicyclic amines) is 1. The quantitative estimate of drug-likeness (QED) is 0.623. The molecule has 2 fully saturated rings. The van der Waals surface area contributed by atoms with E-state index in [2.05, 4.69) is 4.90 Å². The molecule has 0 saturated carbocycles. The van der Waals surface area contributed by atoms with E-state index < -0.39 is 0 Å². The number of hydrogen-bond donors (Lipinski definition) is 0. The molecule has 0 spiro atoms. The van der Waals surface area contributed by atoms with Gasteiger partial charge in [-0.1, -0.05) is 0 Å². The van der Waals surface area contributed by atoms with Crippen LogP contribution in [0, 0.1) is 0 Å². The summed E-state index contributed by atoms with van der Waals surface area (Å²) in [4.78, 5) is 28.0. The second-order valence-electron chi connectivity index (χ2n) is 5.09. The predicted molar refractivity (Wildman–Crippen MR) is 77.2 cm³/mol. The molecule has 4 nitrogen and oxygen atoms in total. The average molecular weight is 337 g/mol. The summed E-state index contributed by atoms with van der Waals surface area (Å²) in [6, 6.07) is 9.95. The molecule has 0 aromatic heterocycles. The van der Waals surface area contributed by atoms with Crippen molar-refractivity contribution >= 4 is 26.8 Å². The van der Waals surface area contributed by atoms with E-state index in [4.69, 9.17) is 0 Å². The van der Waals surface area contributed by atoms with Crippen LogP contribution in [0.5, 0.6) is 0 Å². The van der Waals surface area contributed by atoms with Crippen molar-refractivity contribution in [2.75, 3.05) is 13.1 Å². The molecule has 2 aliphatic rings. The summed E-state index contributed by atoms with van der Waals surface area (Å²) in [6.07, 6.45) is 0.523. The molecule has 20 heavy (non-hydrogen) atoms. The van der Waals surface area contributed by atoms with Crippen molar-refractivity contribution in [1.29, 1.82) is 0 Å². The number of hydrogen-bond acceptors (Lipinski definition) is 3. The zero-order valence-electron chi connectivity index (χ0n) is 11.3. The van der Waals surface area contributed by atoms with E-state index in [0.29, 0.717) is 12.8 Å². The van der Waals surface area contributed by atoms with Crippen LogP contribution >= 0.6 is 0 Å². The van der Waals surface area contributed by atoms with E-state index in [1.165, 1.54) is 15.5 Å². The first-order valence-corrected chi connectivity index (χ1v) is 9.41. The van der Waals surface area contributed by atoms with Crippen molar-refractivity contribution < 1.29 is 9.59 Å². The number of nitrogens with zero attached hydrogens (tertiary/aromatic N) is 2. The molecule has 5 heteroatoms. The molecule has 2 saturated heterocycles. The van der Waals surface area contributed by atoms with Gasteiger partial charge >= 0.3 is 125 Å². The van der Waals surface area contributed by atoms with Crippen molar-refractivity contribution in [2.24, 2.45) is 0 Å². The first-order chi connectivity index (χ1) is 9.77. The van der Waals surface area contributed by atoms with Gasteiger partial charge in [0, 0.05) is 0 Å². The van der Waals surface area contributed by atoms with Gasteiger partial charge in [-0.15, -0.1) is 0 Å². The van der Waals surface area contributed by atoms with Crippen molar-refractivity contribution in [3.05, 3.63) is 35.9 Å². The molecule has 1 aromatic carbocycles. The minimum absolute atomic E-state index is 0.0278. The topological polar surface area (TPSA) is 40.6 Å². The zero-order valence-corrected chi connectivity index (χ0v) is 13.0. The van der Waals surface area contributed by atoms with Gasteiger partial charge < -0.3 is 0 Å². The summed E-state index contributed by atoms with van der Waals surface area (Å²) in [5.74, 6) is -0.0557. The molecule has 0 aliphatic carbocycles. The number of amides is 2. The van der Waals surface area contributed by atoms with Crippen molar-refractivity contribution in [1.82, 2.24) is 9.80 Å². The van der Waals surface area contributed by atoms with Crippen LogP contribution in [0.1, 0.15) is 24.6 Å². The third-order valence-corrected chi connectivity index (χ3v) is 5.80.